The van der Waals surface area contributed by atoms with Gasteiger partial charge in [0.1, 0.15) is 11.2 Å². The van der Waals surface area contributed by atoms with Gasteiger partial charge in [-0.3, -0.25) is 19.8 Å². The Morgan fingerprint density at radius 3 is 2.50 bits per heavy atom. The molecular weight excluding hydrogens is 336 g/mol. The van der Waals surface area contributed by atoms with Gasteiger partial charge in [0.05, 0.1) is 0 Å². The third kappa shape index (κ3) is 2.43. The lowest BCUT2D eigenvalue weighted by Gasteiger charge is -2.30. The number of aryl methyl sites for hydroxylation is 1. The van der Waals surface area contributed by atoms with Gasteiger partial charge in [-0.15, -0.1) is 0 Å². The average molecular weight is 358 g/mol. The van der Waals surface area contributed by atoms with Crippen LogP contribution in [-0.4, -0.2) is 39.2 Å². The molecule has 4 amide bonds. The topological polar surface area (TPSA) is 111 Å². The van der Waals surface area contributed by atoms with Crippen molar-refractivity contribution in [3.05, 3.63) is 22.5 Å². The number of rotatable bonds is 2. The lowest BCUT2D eigenvalue weighted by molar-refractivity contribution is -0.134. The molecule has 0 aromatic carbocycles. The van der Waals surface area contributed by atoms with Gasteiger partial charge in [-0.1, -0.05) is 19.3 Å². The van der Waals surface area contributed by atoms with Gasteiger partial charge in [-0.25, -0.2) is 4.79 Å². The molecule has 0 radical (unpaired) electrons. The standard InChI is InChI=1S/C18H22N4O4/c1-10-13-11(6-5-7-12(13)23)19-14(10)15(24)21-22-16(25)18(20-17(22)26)8-3-2-4-9-18/h19H,2-9H2,1H3,(H,20,26)(H,21,24). The van der Waals surface area contributed by atoms with E-state index >= 15 is 0 Å². The van der Waals surface area contributed by atoms with Crippen LogP contribution in [0.1, 0.15) is 77.0 Å². The molecule has 1 aliphatic heterocycles. The molecule has 1 aromatic heterocycles. The first-order chi connectivity index (χ1) is 12.4. The number of hydrogen-bond donors (Lipinski definition) is 3. The lowest BCUT2D eigenvalue weighted by Crippen LogP contribution is -2.51. The summed E-state index contributed by atoms with van der Waals surface area (Å²) in [5.41, 5.74) is 3.66. The molecule has 1 spiro atoms. The van der Waals surface area contributed by atoms with E-state index < -0.39 is 23.4 Å². The molecule has 2 aliphatic carbocycles. The van der Waals surface area contributed by atoms with Gasteiger partial charge in [-0.05, 0) is 38.2 Å². The number of nitrogens with one attached hydrogen (secondary N) is 3. The number of ketones is 1. The Balaban J connectivity index is 1.56. The summed E-state index contributed by atoms with van der Waals surface area (Å²) < 4.78 is 0. The first-order valence-electron chi connectivity index (χ1n) is 9.15. The number of urea groups is 1. The van der Waals surface area contributed by atoms with E-state index in [4.69, 9.17) is 0 Å². The van der Waals surface area contributed by atoms with Crippen LogP contribution in [0.3, 0.4) is 0 Å². The molecule has 3 N–H and O–H groups in total. The van der Waals surface area contributed by atoms with Crippen LogP contribution in [0.15, 0.2) is 0 Å². The van der Waals surface area contributed by atoms with Crippen molar-refractivity contribution >= 4 is 23.6 Å². The molecule has 0 bridgehead atoms. The van der Waals surface area contributed by atoms with Crippen molar-refractivity contribution in [1.82, 2.24) is 20.7 Å². The van der Waals surface area contributed by atoms with Gasteiger partial charge >= 0.3 is 6.03 Å². The molecule has 0 unspecified atom stereocenters. The molecule has 8 nitrogen and oxygen atoms in total. The summed E-state index contributed by atoms with van der Waals surface area (Å²) in [6.45, 7) is 1.71. The second kappa shape index (κ2) is 5.96. The first-order valence-corrected chi connectivity index (χ1v) is 9.15. The van der Waals surface area contributed by atoms with Crippen LogP contribution in [0.25, 0.3) is 0 Å². The quantitative estimate of drug-likeness (QED) is 0.699. The second-order valence-electron chi connectivity index (χ2n) is 7.41. The molecule has 4 rings (SSSR count). The fraction of sp³-hybridized carbons (Fsp3) is 0.556. The third-order valence-corrected chi connectivity index (χ3v) is 5.75. The highest BCUT2D eigenvalue weighted by atomic mass is 16.2. The van der Waals surface area contributed by atoms with Crippen LogP contribution < -0.4 is 10.7 Å². The predicted molar refractivity (Wildman–Crippen MR) is 91.5 cm³/mol. The third-order valence-electron chi connectivity index (χ3n) is 5.75. The maximum absolute atomic E-state index is 12.8. The number of aromatic nitrogens is 1. The number of aromatic amines is 1. The lowest BCUT2D eigenvalue weighted by atomic mass is 9.82. The van der Waals surface area contributed by atoms with Crippen molar-refractivity contribution in [2.24, 2.45) is 0 Å². The average Bonchev–Trinajstić information content (AvgIpc) is 3.07. The number of amides is 4. The van der Waals surface area contributed by atoms with Crippen LogP contribution in [0.5, 0.6) is 0 Å². The van der Waals surface area contributed by atoms with E-state index in [2.05, 4.69) is 15.7 Å². The number of hydrogen-bond acceptors (Lipinski definition) is 4. The number of Topliss-reactive ketones (excluding diaryl/α,β-unsaturated/α-hetero) is 1. The summed E-state index contributed by atoms with van der Waals surface area (Å²) in [7, 11) is 0. The smallest absolute Gasteiger partial charge is 0.344 e. The largest absolute Gasteiger partial charge is 0.354 e. The van der Waals surface area contributed by atoms with E-state index in [1.54, 1.807) is 6.92 Å². The maximum Gasteiger partial charge on any atom is 0.344 e. The monoisotopic (exact) mass is 358 g/mol. The van der Waals surface area contributed by atoms with E-state index in [1.807, 2.05) is 0 Å². The van der Waals surface area contributed by atoms with Crippen molar-refractivity contribution < 1.29 is 19.2 Å². The molecular formula is C18H22N4O4. The highest BCUT2D eigenvalue weighted by molar-refractivity contribution is 6.10. The van der Waals surface area contributed by atoms with Crippen LogP contribution in [0.4, 0.5) is 4.79 Å². The van der Waals surface area contributed by atoms with Crippen LogP contribution in [0, 0.1) is 6.92 Å². The SMILES string of the molecule is Cc1c(C(=O)NN2C(=O)NC3(CCCCC3)C2=O)[nH]c2c1C(=O)CCC2. The van der Waals surface area contributed by atoms with Gasteiger partial charge in [0.2, 0.25) is 0 Å². The van der Waals surface area contributed by atoms with Crippen molar-refractivity contribution in [1.29, 1.82) is 0 Å². The molecule has 1 saturated carbocycles. The van der Waals surface area contributed by atoms with Crippen molar-refractivity contribution in [2.45, 2.75) is 63.8 Å². The Morgan fingerprint density at radius 2 is 1.81 bits per heavy atom. The number of carbonyl (C=O) groups is 4. The molecule has 0 atom stereocenters. The summed E-state index contributed by atoms with van der Waals surface area (Å²) in [4.78, 5) is 52.8. The zero-order valence-corrected chi connectivity index (χ0v) is 14.7. The zero-order valence-electron chi connectivity index (χ0n) is 14.7. The van der Waals surface area contributed by atoms with E-state index in [-0.39, 0.29) is 11.5 Å². The minimum atomic E-state index is -0.886. The fourth-order valence-corrected chi connectivity index (χ4v) is 4.37. The fourth-order valence-electron chi connectivity index (χ4n) is 4.37. The molecule has 3 aliphatic rings. The molecule has 1 aromatic rings. The summed E-state index contributed by atoms with van der Waals surface area (Å²) in [5, 5.41) is 3.54. The molecule has 8 heteroatoms. The number of fused-ring (bicyclic) bond motifs is 1. The summed E-state index contributed by atoms with van der Waals surface area (Å²) in [6.07, 6.45) is 5.91. The minimum Gasteiger partial charge on any atom is -0.354 e. The van der Waals surface area contributed by atoms with Crippen molar-refractivity contribution in [3.63, 3.8) is 0 Å². The number of imide groups is 1. The summed E-state index contributed by atoms with van der Waals surface area (Å²) in [6, 6.07) is -0.602. The van der Waals surface area contributed by atoms with E-state index in [0.29, 0.717) is 36.8 Å². The molecule has 26 heavy (non-hydrogen) atoms. The van der Waals surface area contributed by atoms with Gasteiger partial charge < -0.3 is 10.3 Å². The van der Waals surface area contributed by atoms with Crippen LogP contribution in [-0.2, 0) is 11.2 Å². The minimum absolute atomic E-state index is 0.0233. The number of hydrazine groups is 1. The van der Waals surface area contributed by atoms with Gasteiger partial charge in [0.15, 0.2) is 5.78 Å². The highest BCUT2D eigenvalue weighted by Gasteiger charge is 2.52. The van der Waals surface area contributed by atoms with Gasteiger partial charge in [0.25, 0.3) is 11.8 Å². The van der Waals surface area contributed by atoms with Crippen molar-refractivity contribution in [2.75, 3.05) is 0 Å². The van der Waals surface area contributed by atoms with E-state index in [0.717, 1.165) is 36.4 Å². The first kappa shape index (κ1) is 16.8. The Kier molecular flexibility index (Phi) is 3.86. The second-order valence-corrected chi connectivity index (χ2v) is 7.41. The van der Waals surface area contributed by atoms with Crippen LogP contribution >= 0.6 is 0 Å². The van der Waals surface area contributed by atoms with E-state index in [1.165, 1.54) is 0 Å². The predicted octanol–water partition coefficient (Wildman–Crippen LogP) is 1.74. The summed E-state index contributed by atoms with van der Waals surface area (Å²) >= 11 is 0. The van der Waals surface area contributed by atoms with Crippen molar-refractivity contribution in [3.8, 4) is 0 Å². The summed E-state index contributed by atoms with van der Waals surface area (Å²) in [5.74, 6) is -0.961. The van der Waals surface area contributed by atoms with E-state index in [9.17, 15) is 19.2 Å². The number of nitrogens with zero attached hydrogens (tertiary/aromatic N) is 1. The molecule has 138 valence electrons. The Morgan fingerprint density at radius 1 is 1.08 bits per heavy atom. The zero-order chi connectivity index (χ0) is 18.5. The molecule has 2 heterocycles. The number of H-pyrrole nitrogens is 1. The van der Waals surface area contributed by atoms with Crippen LogP contribution in [0.2, 0.25) is 0 Å². The normalized spacial score (nSPS) is 21.7. The molecule has 2 fully saturated rings. The van der Waals surface area contributed by atoms with Gasteiger partial charge in [0, 0.05) is 17.7 Å². The highest BCUT2D eigenvalue weighted by Crippen LogP contribution is 2.33. The maximum atomic E-state index is 12.8. The Hall–Kier alpha value is -2.64. The Labute approximate surface area is 150 Å². The molecule has 1 saturated heterocycles. The van der Waals surface area contributed by atoms with Gasteiger partial charge in [-0.2, -0.15) is 5.01 Å². The Bertz CT molecular complexity index is 819. The number of carbonyl (C=O) groups excluding carboxylic acids is 4.